The fourth-order valence-corrected chi connectivity index (χ4v) is 2.63. The molecule has 0 fully saturated rings. The maximum Gasteiger partial charge on any atom is 0.170 e. The molecule has 0 spiro atoms. The summed E-state index contributed by atoms with van der Waals surface area (Å²) in [6.45, 7) is 7.72. The molecule has 118 valence electrons. The lowest BCUT2D eigenvalue weighted by Crippen LogP contribution is -2.30. The van der Waals surface area contributed by atoms with Crippen LogP contribution in [-0.4, -0.2) is 21.4 Å². The van der Waals surface area contributed by atoms with Gasteiger partial charge in [0.25, 0.3) is 0 Å². The Kier molecular flexibility index (Phi) is 5.80. The minimum atomic E-state index is 0.610. The molecule has 0 saturated heterocycles. The van der Waals surface area contributed by atoms with Gasteiger partial charge in [-0.2, -0.15) is 5.10 Å². The highest BCUT2D eigenvalue weighted by molar-refractivity contribution is 7.80. The van der Waals surface area contributed by atoms with Crippen molar-refractivity contribution < 1.29 is 0 Å². The smallest absolute Gasteiger partial charge is 0.170 e. The van der Waals surface area contributed by atoms with Crippen LogP contribution in [0.5, 0.6) is 0 Å². The molecule has 0 atom stereocenters. The normalized spacial score (nSPS) is 10.5. The van der Waals surface area contributed by atoms with Gasteiger partial charge in [0.2, 0.25) is 0 Å². The maximum atomic E-state index is 6.10. The molecule has 1 heterocycles. The van der Waals surface area contributed by atoms with Gasteiger partial charge in [-0.15, -0.1) is 0 Å². The number of anilines is 1. The molecule has 1 aromatic carbocycles. The third-order valence-electron chi connectivity index (χ3n) is 3.45. The fraction of sp³-hybridized carbons (Fsp3) is 0.375. The van der Waals surface area contributed by atoms with Gasteiger partial charge in [-0.05, 0) is 63.2 Å². The summed E-state index contributed by atoms with van der Waals surface area (Å²) < 4.78 is 2.02. The molecule has 0 saturated carbocycles. The van der Waals surface area contributed by atoms with Gasteiger partial charge in [-0.3, -0.25) is 4.68 Å². The van der Waals surface area contributed by atoms with Crippen molar-refractivity contribution in [3.05, 3.63) is 46.2 Å². The van der Waals surface area contributed by atoms with Crippen molar-refractivity contribution in [2.24, 2.45) is 0 Å². The number of hydrogen-bond donors (Lipinski definition) is 2. The van der Waals surface area contributed by atoms with Crippen LogP contribution < -0.4 is 10.6 Å². The average Bonchev–Trinajstić information content (AvgIpc) is 2.78. The number of nitrogens with zero attached hydrogens (tertiary/aromatic N) is 2. The lowest BCUT2D eigenvalue weighted by Gasteiger charge is -2.13. The van der Waals surface area contributed by atoms with Crippen molar-refractivity contribution in [3.8, 4) is 0 Å². The summed E-state index contributed by atoms with van der Waals surface area (Å²) in [7, 11) is 0. The number of aromatic nitrogens is 2. The van der Waals surface area contributed by atoms with E-state index in [1.54, 1.807) is 0 Å². The molecule has 2 N–H and O–H groups in total. The first-order chi connectivity index (χ1) is 10.5. The number of nitrogens with one attached hydrogen (secondary N) is 2. The minimum Gasteiger partial charge on any atom is -0.362 e. The van der Waals surface area contributed by atoms with E-state index in [0.717, 1.165) is 41.5 Å². The number of benzene rings is 1. The maximum absolute atomic E-state index is 6.10. The highest BCUT2D eigenvalue weighted by atomic mass is 35.5. The molecular weight excluding hydrogens is 316 g/mol. The summed E-state index contributed by atoms with van der Waals surface area (Å²) in [6.07, 6.45) is 0.957. The van der Waals surface area contributed by atoms with E-state index in [0.29, 0.717) is 5.11 Å². The van der Waals surface area contributed by atoms with Crippen LogP contribution in [0.1, 0.15) is 23.4 Å². The van der Waals surface area contributed by atoms with E-state index in [2.05, 4.69) is 28.7 Å². The summed E-state index contributed by atoms with van der Waals surface area (Å²) in [5, 5.41) is 12.2. The zero-order valence-electron chi connectivity index (χ0n) is 13.1. The number of hydrogen-bond acceptors (Lipinski definition) is 2. The first-order valence-electron chi connectivity index (χ1n) is 7.28. The van der Waals surface area contributed by atoms with Crippen molar-refractivity contribution in [2.75, 3.05) is 11.9 Å². The van der Waals surface area contributed by atoms with E-state index in [-0.39, 0.29) is 0 Å². The second-order valence-electron chi connectivity index (χ2n) is 5.30. The van der Waals surface area contributed by atoms with E-state index >= 15 is 0 Å². The summed E-state index contributed by atoms with van der Waals surface area (Å²) in [5.74, 6) is 0. The molecule has 2 aromatic rings. The highest BCUT2D eigenvalue weighted by Gasteiger charge is 2.04. The van der Waals surface area contributed by atoms with Crippen LogP contribution in [0.4, 0.5) is 5.69 Å². The Morgan fingerprint density at radius 3 is 2.77 bits per heavy atom. The van der Waals surface area contributed by atoms with Crippen molar-refractivity contribution in [2.45, 2.75) is 33.7 Å². The summed E-state index contributed by atoms with van der Waals surface area (Å²) >= 11 is 11.4. The zero-order chi connectivity index (χ0) is 16.1. The van der Waals surface area contributed by atoms with Crippen LogP contribution in [0.15, 0.2) is 24.3 Å². The molecule has 4 nitrogen and oxygen atoms in total. The van der Waals surface area contributed by atoms with Crippen molar-refractivity contribution >= 4 is 34.6 Å². The average molecular weight is 337 g/mol. The van der Waals surface area contributed by atoms with Crippen LogP contribution in [0.2, 0.25) is 5.02 Å². The van der Waals surface area contributed by atoms with E-state index < -0.39 is 0 Å². The largest absolute Gasteiger partial charge is 0.362 e. The number of rotatable bonds is 5. The molecule has 0 aliphatic rings. The minimum absolute atomic E-state index is 0.610. The quantitative estimate of drug-likeness (QED) is 0.643. The molecular formula is C16H21ClN4S. The summed E-state index contributed by atoms with van der Waals surface area (Å²) in [4.78, 5) is 0. The molecule has 1 aromatic heterocycles. The second-order valence-corrected chi connectivity index (χ2v) is 6.11. The SMILES string of the molecule is Cc1cc(C)n(CCCNC(=S)Nc2cccc(Cl)c2C)n1. The molecule has 0 aliphatic heterocycles. The second kappa shape index (κ2) is 7.61. The standard InChI is InChI=1S/C16H21ClN4S/c1-11-10-12(2)21(20-11)9-5-8-18-16(22)19-15-7-4-6-14(17)13(15)3/h4,6-7,10H,5,8-9H2,1-3H3,(H2,18,19,22). The van der Waals surface area contributed by atoms with Crippen molar-refractivity contribution in [1.29, 1.82) is 0 Å². The van der Waals surface area contributed by atoms with Gasteiger partial charge in [0.05, 0.1) is 5.69 Å². The molecule has 0 bridgehead atoms. The third kappa shape index (κ3) is 4.45. The van der Waals surface area contributed by atoms with Crippen LogP contribution in [0.25, 0.3) is 0 Å². The van der Waals surface area contributed by atoms with Gasteiger partial charge < -0.3 is 10.6 Å². The van der Waals surface area contributed by atoms with Gasteiger partial charge >= 0.3 is 0 Å². The monoisotopic (exact) mass is 336 g/mol. The Morgan fingerprint density at radius 1 is 1.32 bits per heavy atom. The van der Waals surface area contributed by atoms with Gasteiger partial charge in [-0.1, -0.05) is 17.7 Å². The Labute approximate surface area is 141 Å². The molecule has 0 unspecified atom stereocenters. The van der Waals surface area contributed by atoms with Crippen molar-refractivity contribution in [1.82, 2.24) is 15.1 Å². The molecule has 0 amide bonds. The van der Waals surface area contributed by atoms with Crippen LogP contribution in [0.3, 0.4) is 0 Å². The van der Waals surface area contributed by atoms with Gasteiger partial charge in [-0.25, -0.2) is 0 Å². The molecule has 0 radical (unpaired) electrons. The predicted molar refractivity (Wildman–Crippen MR) is 96.7 cm³/mol. The van der Waals surface area contributed by atoms with E-state index in [9.17, 15) is 0 Å². The number of aryl methyl sites for hydroxylation is 3. The molecule has 0 aliphatic carbocycles. The Bertz CT molecular complexity index is 666. The van der Waals surface area contributed by atoms with Crippen LogP contribution in [0, 0.1) is 20.8 Å². The van der Waals surface area contributed by atoms with Gasteiger partial charge in [0.15, 0.2) is 5.11 Å². The van der Waals surface area contributed by atoms with Crippen molar-refractivity contribution in [3.63, 3.8) is 0 Å². The number of thiocarbonyl (C=S) groups is 1. The Hall–Kier alpha value is -1.59. The summed E-state index contributed by atoms with van der Waals surface area (Å²) in [6, 6.07) is 7.82. The molecule has 2 rings (SSSR count). The first-order valence-corrected chi connectivity index (χ1v) is 8.07. The topological polar surface area (TPSA) is 41.9 Å². The molecule has 6 heteroatoms. The zero-order valence-corrected chi connectivity index (χ0v) is 14.7. The summed E-state index contributed by atoms with van der Waals surface area (Å²) in [5.41, 5.74) is 4.17. The van der Waals surface area contributed by atoms with Crippen LogP contribution in [-0.2, 0) is 6.54 Å². The van der Waals surface area contributed by atoms with Crippen LogP contribution >= 0.6 is 23.8 Å². The van der Waals surface area contributed by atoms with E-state index in [1.807, 2.05) is 36.7 Å². The fourth-order valence-electron chi connectivity index (χ4n) is 2.24. The lowest BCUT2D eigenvalue weighted by atomic mass is 10.2. The van der Waals surface area contributed by atoms with Gasteiger partial charge in [0.1, 0.15) is 0 Å². The van der Waals surface area contributed by atoms with E-state index in [1.165, 1.54) is 5.69 Å². The first kappa shape index (κ1) is 16.8. The lowest BCUT2D eigenvalue weighted by molar-refractivity contribution is 0.558. The highest BCUT2D eigenvalue weighted by Crippen LogP contribution is 2.22. The van der Waals surface area contributed by atoms with Gasteiger partial charge in [0, 0.05) is 29.5 Å². The number of halogens is 1. The Morgan fingerprint density at radius 2 is 2.09 bits per heavy atom. The Balaban J connectivity index is 1.76. The predicted octanol–water partition coefficient (Wildman–Crippen LogP) is 3.84. The van der Waals surface area contributed by atoms with E-state index in [4.69, 9.17) is 23.8 Å². The molecule has 22 heavy (non-hydrogen) atoms. The third-order valence-corrected chi connectivity index (χ3v) is 4.11.